The lowest BCUT2D eigenvalue weighted by molar-refractivity contribution is 0.0488. The molecule has 1 aliphatic rings. The second-order valence-electron chi connectivity index (χ2n) is 7.01. The summed E-state index contributed by atoms with van der Waals surface area (Å²) in [4.78, 5) is 37.9. The lowest BCUT2D eigenvalue weighted by Crippen LogP contribution is -2.36. The van der Waals surface area contributed by atoms with Crippen LogP contribution in [-0.4, -0.2) is 34.5 Å². The summed E-state index contributed by atoms with van der Waals surface area (Å²) >= 11 is 0. The molecule has 3 amide bonds. The molecule has 8 nitrogen and oxygen atoms in total. The molecule has 152 valence electrons. The normalized spacial score (nSPS) is 14.0. The van der Waals surface area contributed by atoms with E-state index in [-0.39, 0.29) is 6.54 Å². The molecule has 3 aromatic rings. The Bertz CT molecular complexity index is 1100. The molecule has 8 heteroatoms. The van der Waals surface area contributed by atoms with E-state index in [1.165, 1.54) is 0 Å². The number of aromatic nitrogens is 1. The van der Waals surface area contributed by atoms with Crippen molar-refractivity contribution >= 4 is 17.9 Å². The zero-order chi connectivity index (χ0) is 21.4. The Balaban J connectivity index is 1.62. The number of rotatable bonds is 5. The average Bonchev–Trinajstić information content (AvgIpc) is 3.19. The molecule has 0 unspecified atom stereocenters. The number of amides is 3. The summed E-state index contributed by atoms with van der Waals surface area (Å²) in [6, 6.07) is 13.8. The molecule has 1 aromatic heterocycles. The lowest BCUT2D eigenvalue weighted by atomic mass is 10.0. The highest BCUT2D eigenvalue weighted by Crippen LogP contribution is 2.30. The first-order valence-corrected chi connectivity index (χ1v) is 9.31. The number of primary amides is 1. The SMILES string of the molecule is Cc1noc(C)c1-c1ccc([C@H](CN2C(=O)c3ccccc3C2=O)OC(N)=O)cc1. The highest BCUT2D eigenvalue weighted by atomic mass is 16.6. The molecule has 2 N–H and O–H groups in total. The van der Waals surface area contributed by atoms with Gasteiger partial charge in [0.2, 0.25) is 0 Å². The molecule has 0 radical (unpaired) electrons. The summed E-state index contributed by atoms with van der Waals surface area (Å²) in [5, 5.41) is 3.95. The van der Waals surface area contributed by atoms with Gasteiger partial charge in [0.25, 0.3) is 11.8 Å². The topological polar surface area (TPSA) is 116 Å². The van der Waals surface area contributed by atoms with Gasteiger partial charge < -0.3 is 15.0 Å². The van der Waals surface area contributed by atoms with Gasteiger partial charge in [0.05, 0.1) is 23.4 Å². The van der Waals surface area contributed by atoms with Gasteiger partial charge in [-0.15, -0.1) is 0 Å². The minimum absolute atomic E-state index is 0.139. The van der Waals surface area contributed by atoms with Gasteiger partial charge in [-0.3, -0.25) is 14.5 Å². The Kier molecular flexibility index (Phi) is 4.83. The Hall–Kier alpha value is -3.94. The first-order valence-electron chi connectivity index (χ1n) is 9.31. The molecule has 1 aliphatic heterocycles. The summed E-state index contributed by atoms with van der Waals surface area (Å²) in [6.07, 6.45) is -1.89. The number of benzene rings is 2. The fourth-order valence-corrected chi connectivity index (χ4v) is 3.68. The zero-order valence-electron chi connectivity index (χ0n) is 16.4. The van der Waals surface area contributed by atoms with Gasteiger partial charge in [-0.05, 0) is 37.1 Å². The summed E-state index contributed by atoms with van der Waals surface area (Å²) in [5.74, 6) is -0.168. The molecule has 0 spiro atoms. The number of carbonyl (C=O) groups is 3. The van der Waals surface area contributed by atoms with Crippen molar-refractivity contribution in [2.45, 2.75) is 20.0 Å². The third kappa shape index (κ3) is 3.32. The van der Waals surface area contributed by atoms with Crippen LogP contribution in [0.4, 0.5) is 4.79 Å². The van der Waals surface area contributed by atoms with Gasteiger partial charge in [-0.25, -0.2) is 4.79 Å². The van der Waals surface area contributed by atoms with Crippen molar-refractivity contribution in [3.05, 3.63) is 76.7 Å². The minimum Gasteiger partial charge on any atom is -0.440 e. The minimum atomic E-state index is -0.994. The third-order valence-electron chi connectivity index (χ3n) is 5.09. The van der Waals surface area contributed by atoms with Gasteiger partial charge in [-0.2, -0.15) is 0 Å². The first kappa shape index (κ1) is 19.4. The van der Waals surface area contributed by atoms with E-state index in [2.05, 4.69) is 5.16 Å². The number of hydrogen-bond acceptors (Lipinski definition) is 6. The number of hydrogen-bond donors (Lipinski definition) is 1. The molecular formula is C22H19N3O5. The number of ether oxygens (including phenoxy) is 1. The van der Waals surface area contributed by atoms with Gasteiger partial charge in [0.15, 0.2) is 0 Å². The van der Waals surface area contributed by atoms with Crippen molar-refractivity contribution < 1.29 is 23.6 Å². The second-order valence-corrected chi connectivity index (χ2v) is 7.01. The van der Waals surface area contributed by atoms with Gasteiger partial charge in [0, 0.05) is 5.56 Å². The lowest BCUT2D eigenvalue weighted by Gasteiger charge is -2.22. The largest absolute Gasteiger partial charge is 0.440 e. The van der Waals surface area contributed by atoms with Crippen LogP contribution in [0.2, 0.25) is 0 Å². The Labute approximate surface area is 172 Å². The van der Waals surface area contributed by atoms with Crippen molar-refractivity contribution in [1.82, 2.24) is 10.1 Å². The van der Waals surface area contributed by atoms with E-state index in [4.69, 9.17) is 15.0 Å². The van der Waals surface area contributed by atoms with E-state index in [0.29, 0.717) is 22.5 Å². The number of nitrogens with zero attached hydrogens (tertiary/aromatic N) is 2. The summed E-state index contributed by atoms with van der Waals surface area (Å²) in [5.41, 5.74) is 9.02. The van der Waals surface area contributed by atoms with Crippen molar-refractivity contribution in [2.24, 2.45) is 5.73 Å². The maximum absolute atomic E-state index is 12.7. The smallest absolute Gasteiger partial charge is 0.405 e. The molecule has 0 fully saturated rings. The number of fused-ring (bicyclic) bond motifs is 1. The monoisotopic (exact) mass is 405 g/mol. The van der Waals surface area contributed by atoms with Crippen LogP contribution in [-0.2, 0) is 4.74 Å². The average molecular weight is 405 g/mol. The molecule has 0 bridgehead atoms. The standard InChI is InChI=1S/C22H19N3O5/c1-12-19(13(2)30-24-12)15-9-7-14(8-10-15)18(29-22(23)28)11-25-20(26)16-5-3-4-6-17(16)21(25)27/h3-10,18H,11H2,1-2H3,(H2,23,28)/t18-/m0/s1. The Morgan fingerprint density at radius 1 is 1.07 bits per heavy atom. The van der Waals surface area contributed by atoms with Crippen LogP contribution in [0.5, 0.6) is 0 Å². The molecule has 2 aromatic carbocycles. The van der Waals surface area contributed by atoms with E-state index in [1.807, 2.05) is 26.0 Å². The van der Waals surface area contributed by atoms with E-state index in [1.54, 1.807) is 36.4 Å². The fourth-order valence-electron chi connectivity index (χ4n) is 3.68. The second kappa shape index (κ2) is 7.47. The zero-order valence-corrected chi connectivity index (χ0v) is 16.4. The van der Waals surface area contributed by atoms with Crippen LogP contribution in [0.15, 0.2) is 53.1 Å². The van der Waals surface area contributed by atoms with Crippen LogP contribution in [0.25, 0.3) is 11.1 Å². The molecule has 4 rings (SSSR count). The van der Waals surface area contributed by atoms with Crippen molar-refractivity contribution in [3.63, 3.8) is 0 Å². The predicted molar refractivity (Wildman–Crippen MR) is 107 cm³/mol. The van der Waals surface area contributed by atoms with Crippen LogP contribution >= 0.6 is 0 Å². The maximum Gasteiger partial charge on any atom is 0.405 e. The van der Waals surface area contributed by atoms with E-state index in [9.17, 15) is 14.4 Å². The highest BCUT2D eigenvalue weighted by Gasteiger charge is 2.37. The highest BCUT2D eigenvalue weighted by molar-refractivity contribution is 6.21. The third-order valence-corrected chi connectivity index (χ3v) is 5.09. The molecular weight excluding hydrogens is 386 g/mol. The van der Waals surface area contributed by atoms with E-state index < -0.39 is 24.0 Å². The van der Waals surface area contributed by atoms with Gasteiger partial charge in [-0.1, -0.05) is 41.6 Å². The first-order chi connectivity index (χ1) is 14.4. The number of carbonyl (C=O) groups excluding carboxylic acids is 3. The molecule has 0 saturated carbocycles. The molecule has 2 heterocycles. The molecule has 0 saturated heterocycles. The maximum atomic E-state index is 12.7. The van der Waals surface area contributed by atoms with Crippen LogP contribution in [0, 0.1) is 13.8 Å². The number of nitrogens with two attached hydrogens (primary N) is 1. The van der Waals surface area contributed by atoms with Crippen LogP contribution in [0.1, 0.15) is 43.8 Å². The van der Waals surface area contributed by atoms with Crippen molar-refractivity contribution in [1.29, 1.82) is 0 Å². The van der Waals surface area contributed by atoms with Crippen LogP contribution in [0.3, 0.4) is 0 Å². The summed E-state index contributed by atoms with van der Waals surface area (Å²) in [7, 11) is 0. The van der Waals surface area contributed by atoms with Gasteiger partial charge >= 0.3 is 6.09 Å². The Morgan fingerprint density at radius 2 is 1.67 bits per heavy atom. The predicted octanol–water partition coefficient (Wildman–Crippen LogP) is 3.39. The van der Waals surface area contributed by atoms with Crippen molar-refractivity contribution in [3.8, 4) is 11.1 Å². The Morgan fingerprint density at radius 3 is 2.17 bits per heavy atom. The van der Waals surface area contributed by atoms with Gasteiger partial charge in [0.1, 0.15) is 11.9 Å². The number of aryl methyl sites for hydroxylation is 2. The quantitative estimate of drug-likeness (QED) is 0.651. The van der Waals surface area contributed by atoms with Crippen molar-refractivity contribution in [2.75, 3.05) is 6.54 Å². The van der Waals surface area contributed by atoms with E-state index in [0.717, 1.165) is 21.7 Å². The van der Waals surface area contributed by atoms with E-state index >= 15 is 0 Å². The molecule has 0 aliphatic carbocycles. The molecule has 1 atom stereocenters. The van der Waals surface area contributed by atoms with Crippen LogP contribution < -0.4 is 5.73 Å². The fraction of sp³-hybridized carbons (Fsp3) is 0.182. The molecule has 30 heavy (non-hydrogen) atoms. The number of imide groups is 1. The summed E-state index contributed by atoms with van der Waals surface area (Å²) in [6.45, 7) is 3.53. The summed E-state index contributed by atoms with van der Waals surface area (Å²) < 4.78 is 10.4.